The molecule has 1 amide bonds. The molecule has 3 nitrogen and oxygen atoms in total. The second-order valence-electron chi connectivity index (χ2n) is 6.22. The molecule has 0 aromatic heterocycles. The standard InChI is InChI=1S/C23H23NO2/c25-18-10-17-22(26)24-23(19-11-4-1-5-12-19,20-13-6-2-7-14-20)21-15-8-3-9-16-21/h1-9,11-16,25H,10,17-18H2,(H,24,26). The van der Waals surface area contributed by atoms with Crippen molar-refractivity contribution in [3.8, 4) is 0 Å². The number of aliphatic hydroxyl groups is 1. The Hall–Kier alpha value is -2.91. The number of carbonyl (C=O) groups excluding carboxylic acids is 1. The third-order valence-electron chi connectivity index (χ3n) is 4.51. The van der Waals surface area contributed by atoms with Crippen LogP contribution in [0.2, 0.25) is 0 Å². The molecule has 3 heteroatoms. The summed E-state index contributed by atoms with van der Waals surface area (Å²) in [6.07, 6.45) is 0.727. The van der Waals surface area contributed by atoms with E-state index in [0.717, 1.165) is 16.7 Å². The van der Waals surface area contributed by atoms with Gasteiger partial charge in [-0.05, 0) is 23.1 Å². The number of rotatable bonds is 7. The third-order valence-corrected chi connectivity index (χ3v) is 4.51. The zero-order valence-electron chi connectivity index (χ0n) is 14.6. The lowest BCUT2D eigenvalue weighted by Crippen LogP contribution is -2.47. The summed E-state index contributed by atoms with van der Waals surface area (Å²) < 4.78 is 0. The average Bonchev–Trinajstić information content (AvgIpc) is 2.72. The van der Waals surface area contributed by atoms with Crippen LogP contribution in [0.1, 0.15) is 29.5 Å². The second kappa shape index (κ2) is 8.45. The van der Waals surface area contributed by atoms with Gasteiger partial charge in [0.15, 0.2) is 0 Å². The number of hydrogen-bond acceptors (Lipinski definition) is 2. The maximum atomic E-state index is 12.7. The molecule has 0 aliphatic heterocycles. The van der Waals surface area contributed by atoms with Crippen LogP contribution in [-0.4, -0.2) is 17.6 Å². The van der Waals surface area contributed by atoms with E-state index in [1.807, 2.05) is 91.0 Å². The van der Waals surface area contributed by atoms with Gasteiger partial charge in [0.25, 0.3) is 0 Å². The van der Waals surface area contributed by atoms with Gasteiger partial charge < -0.3 is 10.4 Å². The normalized spacial score (nSPS) is 11.1. The monoisotopic (exact) mass is 345 g/mol. The van der Waals surface area contributed by atoms with Crippen molar-refractivity contribution in [2.24, 2.45) is 0 Å². The summed E-state index contributed by atoms with van der Waals surface area (Å²) >= 11 is 0. The Morgan fingerprint density at radius 3 is 1.46 bits per heavy atom. The van der Waals surface area contributed by atoms with Crippen LogP contribution in [0.15, 0.2) is 91.0 Å². The molecule has 0 unspecified atom stereocenters. The molecule has 3 aromatic rings. The molecule has 26 heavy (non-hydrogen) atoms. The number of aliphatic hydroxyl groups excluding tert-OH is 1. The maximum Gasteiger partial charge on any atom is 0.221 e. The van der Waals surface area contributed by atoms with Gasteiger partial charge in [-0.25, -0.2) is 0 Å². The van der Waals surface area contributed by atoms with Gasteiger partial charge in [0.05, 0.1) is 0 Å². The van der Waals surface area contributed by atoms with Crippen LogP contribution in [0.4, 0.5) is 0 Å². The molecule has 0 bridgehead atoms. The number of hydrogen-bond donors (Lipinski definition) is 2. The van der Waals surface area contributed by atoms with Crippen molar-refractivity contribution in [1.29, 1.82) is 0 Å². The van der Waals surface area contributed by atoms with Crippen LogP contribution in [-0.2, 0) is 10.3 Å². The summed E-state index contributed by atoms with van der Waals surface area (Å²) in [5, 5.41) is 12.3. The fraction of sp³-hybridized carbons (Fsp3) is 0.174. The molecule has 3 rings (SSSR count). The van der Waals surface area contributed by atoms with Gasteiger partial charge in [-0.1, -0.05) is 91.0 Å². The summed E-state index contributed by atoms with van der Waals surface area (Å²) in [5.74, 6) is -0.0874. The minimum atomic E-state index is -0.781. The first kappa shape index (κ1) is 17.9. The van der Waals surface area contributed by atoms with Gasteiger partial charge in [0.2, 0.25) is 5.91 Å². The van der Waals surface area contributed by atoms with E-state index in [1.165, 1.54) is 0 Å². The second-order valence-corrected chi connectivity index (χ2v) is 6.22. The van der Waals surface area contributed by atoms with Crippen molar-refractivity contribution in [2.75, 3.05) is 6.61 Å². The van der Waals surface area contributed by atoms with E-state index in [9.17, 15) is 4.79 Å². The first-order chi connectivity index (χ1) is 12.8. The fourth-order valence-corrected chi connectivity index (χ4v) is 3.29. The van der Waals surface area contributed by atoms with Crippen LogP contribution in [0.3, 0.4) is 0 Å². The fourth-order valence-electron chi connectivity index (χ4n) is 3.29. The van der Waals surface area contributed by atoms with Crippen LogP contribution in [0.25, 0.3) is 0 Å². The molecule has 0 aliphatic carbocycles. The van der Waals surface area contributed by atoms with Crippen molar-refractivity contribution in [1.82, 2.24) is 5.32 Å². The molecular weight excluding hydrogens is 322 g/mol. The SMILES string of the molecule is O=C(CCCO)NC(c1ccccc1)(c1ccccc1)c1ccccc1. The van der Waals surface area contributed by atoms with E-state index in [4.69, 9.17) is 5.11 Å². The molecule has 0 saturated carbocycles. The molecule has 0 saturated heterocycles. The number of benzene rings is 3. The van der Waals surface area contributed by atoms with E-state index >= 15 is 0 Å². The van der Waals surface area contributed by atoms with Crippen molar-refractivity contribution >= 4 is 5.91 Å². The highest BCUT2D eigenvalue weighted by atomic mass is 16.3. The van der Waals surface area contributed by atoms with Crippen molar-refractivity contribution in [3.63, 3.8) is 0 Å². The Labute approximate surface area is 154 Å². The van der Waals surface area contributed by atoms with Crippen LogP contribution in [0.5, 0.6) is 0 Å². The Morgan fingerprint density at radius 2 is 1.12 bits per heavy atom. The van der Waals surface area contributed by atoms with Crippen molar-refractivity contribution in [3.05, 3.63) is 108 Å². The molecule has 0 heterocycles. The largest absolute Gasteiger partial charge is 0.396 e. The van der Waals surface area contributed by atoms with Gasteiger partial charge in [0.1, 0.15) is 5.54 Å². The summed E-state index contributed by atoms with van der Waals surface area (Å²) in [7, 11) is 0. The zero-order chi connectivity index (χ0) is 18.2. The van der Waals surface area contributed by atoms with Gasteiger partial charge in [-0.2, -0.15) is 0 Å². The lowest BCUT2D eigenvalue weighted by molar-refractivity contribution is -0.122. The summed E-state index contributed by atoms with van der Waals surface area (Å²) in [6.45, 7) is 0.00241. The lowest BCUT2D eigenvalue weighted by Gasteiger charge is -2.37. The summed E-state index contributed by atoms with van der Waals surface area (Å²) in [6, 6.07) is 30.0. The first-order valence-electron chi connectivity index (χ1n) is 8.86. The Morgan fingerprint density at radius 1 is 0.731 bits per heavy atom. The Kier molecular flexibility index (Phi) is 5.82. The molecular formula is C23H23NO2. The molecule has 132 valence electrons. The third kappa shape index (κ3) is 3.68. The van der Waals surface area contributed by atoms with E-state index in [-0.39, 0.29) is 18.9 Å². The molecule has 0 fully saturated rings. The van der Waals surface area contributed by atoms with Crippen LogP contribution in [0, 0.1) is 0 Å². The number of amides is 1. The predicted molar refractivity (Wildman–Crippen MR) is 104 cm³/mol. The molecule has 0 atom stereocenters. The van der Waals surface area contributed by atoms with E-state index in [1.54, 1.807) is 0 Å². The van der Waals surface area contributed by atoms with Gasteiger partial charge in [-0.3, -0.25) is 4.79 Å². The van der Waals surface area contributed by atoms with E-state index < -0.39 is 5.54 Å². The van der Waals surface area contributed by atoms with Crippen LogP contribution >= 0.6 is 0 Å². The van der Waals surface area contributed by atoms with E-state index in [0.29, 0.717) is 6.42 Å². The quantitative estimate of drug-likeness (QED) is 0.639. The van der Waals surface area contributed by atoms with Gasteiger partial charge in [0, 0.05) is 13.0 Å². The minimum Gasteiger partial charge on any atom is -0.396 e. The zero-order valence-corrected chi connectivity index (χ0v) is 14.6. The van der Waals surface area contributed by atoms with Gasteiger partial charge >= 0.3 is 0 Å². The molecule has 3 aromatic carbocycles. The highest BCUT2D eigenvalue weighted by Crippen LogP contribution is 2.36. The summed E-state index contributed by atoms with van der Waals surface area (Å²) in [4.78, 5) is 12.7. The summed E-state index contributed by atoms with van der Waals surface area (Å²) in [5.41, 5.74) is 2.20. The number of nitrogens with one attached hydrogen (secondary N) is 1. The van der Waals surface area contributed by atoms with E-state index in [2.05, 4.69) is 5.32 Å². The highest BCUT2D eigenvalue weighted by Gasteiger charge is 2.37. The van der Waals surface area contributed by atoms with Crippen LogP contribution < -0.4 is 5.32 Å². The molecule has 2 N–H and O–H groups in total. The average molecular weight is 345 g/mol. The maximum absolute atomic E-state index is 12.7. The minimum absolute atomic E-state index is 0.00241. The van der Waals surface area contributed by atoms with Crippen molar-refractivity contribution < 1.29 is 9.90 Å². The predicted octanol–water partition coefficient (Wildman–Crippen LogP) is 3.87. The molecule has 0 aliphatic rings. The Bertz CT molecular complexity index is 720. The molecule has 0 radical (unpaired) electrons. The number of carbonyl (C=O) groups is 1. The van der Waals surface area contributed by atoms with Crippen molar-refractivity contribution in [2.45, 2.75) is 18.4 Å². The molecule has 0 spiro atoms. The first-order valence-corrected chi connectivity index (χ1v) is 8.86. The lowest BCUT2D eigenvalue weighted by atomic mass is 9.77. The van der Waals surface area contributed by atoms with Gasteiger partial charge in [-0.15, -0.1) is 0 Å². The smallest absolute Gasteiger partial charge is 0.221 e. The Balaban J connectivity index is 2.19. The topological polar surface area (TPSA) is 49.3 Å². The highest BCUT2D eigenvalue weighted by molar-refractivity contribution is 5.79.